The first-order valence-electron chi connectivity index (χ1n) is 5.22. The van der Waals surface area contributed by atoms with Crippen molar-refractivity contribution in [3.05, 3.63) is 23.2 Å². The number of hydrogen-bond acceptors (Lipinski definition) is 4. The summed E-state index contributed by atoms with van der Waals surface area (Å²) in [5.74, 6) is 0.706. The van der Waals surface area contributed by atoms with Gasteiger partial charge in [-0.15, -0.1) is 11.8 Å². The van der Waals surface area contributed by atoms with Crippen molar-refractivity contribution in [2.24, 2.45) is 0 Å². The van der Waals surface area contributed by atoms with Crippen LogP contribution in [-0.4, -0.2) is 25.2 Å². The van der Waals surface area contributed by atoms with E-state index in [1.54, 1.807) is 26.0 Å². The molecule has 0 amide bonds. The van der Waals surface area contributed by atoms with Crippen LogP contribution in [0, 0.1) is 0 Å². The van der Waals surface area contributed by atoms with E-state index < -0.39 is 9.84 Å². The first kappa shape index (κ1) is 14.7. The van der Waals surface area contributed by atoms with Crippen molar-refractivity contribution in [2.75, 3.05) is 17.2 Å². The Morgan fingerprint density at radius 1 is 1.41 bits per heavy atom. The fourth-order valence-electron chi connectivity index (χ4n) is 1.11. The first-order chi connectivity index (χ1) is 7.83. The van der Waals surface area contributed by atoms with Crippen LogP contribution in [0.4, 0.5) is 5.69 Å². The fourth-order valence-corrected chi connectivity index (χ4v) is 3.69. The summed E-state index contributed by atoms with van der Waals surface area (Å²) in [4.78, 5) is 0.933. The van der Waals surface area contributed by atoms with Gasteiger partial charge in [-0.3, -0.25) is 0 Å². The van der Waals surface area contributed by atoms with E-state index in [2.05, 4.69) is 0 Å². The topological polar surface area (TPSA) is 60.2 Å². The second-order valence-corrected chi connectivity index (χ2v) is 8.20. The molecule has 0 saturated carbocycles. The van der Waals surface area contributed by atoms with Gasteiger partial charge in [-0.05, 0) is 32.0 Å². The maximum atomic E-state index is 11.6. The van der Waals surface area contributed by atoms with E-state index >= 15 is 0 Å². The number of nitrogen functional groups attached to an aromatic ring is 1. The van der Waals surface area contributed by atoms with Crippen LogP contribution in [0.2, 0.25) is 5.02 Å². The lowest BCUT2D eigenvalue weighted by Crippen LogP contribution is -2.18. The summed E-state index contributed by atoms with van der Waals surface area (Å²) < 4.78 is 23.2. The molecule has 0 saturated heterocycles. The summed E-state index contributed by atoms with van der Waals surface area (Å²) in [6.45, 7) is 3.39. The molecule has 0 fully saturated rings. The van der Waals surface area contributed by atoms with Crippen molar-refractivity contribution >= 4 is 38.9 Å². The first-order valence-corrected chi connectivity index (χ1v) is 8.30. The van der Waals surface area contributed by atoms with Gasteiger partial charge in [-0.1, -0.05) is 11.6 Å². The van der Waals surface area contributed by atoms with Crippen molar-refractivity contribution in [2.45, 2.75) is 24.0 Å². The lowest BCUT2D eigenvalue weighted by Gasteiger charge is -2.07. The highest BCUT2D eigenvalue weighted by Gasteiger charge is 2.15. The van der Waals surface area contributed by atoms with Crippen molar-refractivity contribution in [1.82, 2.24) is 0 Å². The van der Waals surface area contributed by atoms with E-state index in [9.17, 15) is 8.42 Å². The number of thioether (sulfide) groups is 1. The van der Waals surface area contributed by atoms with Crippen molar-refractivity contribution in [3.8, 4) is 0 Å². The van der Waals surface area contributed by atoms with Gasteiger partial charge in [0.25, 0.3) is 0 Å². The molecule has 0 aliphatic carbocycles. The molecule has 1 aromatic rings. The second kappa shape index (κ2) is 5.98. The largest absolute Gasteiger partial charge is 0.398 e. The van der Waals surface area contributed by atoms with Gasteiger partial charge >= 0.3 is 0 Å². The predicted molar refractivity (Wildman–Crippen MR) is 75.5 cm³/mol. The van der Waals surface area contributed by atoms with E-state index in [0.717, 1.165) is 4.90 Å². The lowest BCUT2D eigenvalue weighted by atomic mass is 10.3. The highest BCUT2D eigenvalue weighted by atomic mass is 35.5. The average Bonchev–Trinajstić information content (AvgIpc) is 2.23. The molecular formula is C11H16ClNO2S2. The van der Waals surface area contributed by atoms with Gasteiger partial charge in [0.2, 0.25) is 0 Å². The van der Waals surface area contributed by atoms with Crippen molar-refractivity contribution in [1.29, 1.82) is 0 Å². The molecule has 0 aromatic heterocycles. The molecule has 6 heteroatoms. The minimum atomic E-state index is -2.97. The molecule has 1 rings (SSSR count). The van der Waals surface area contributed by atoms with Crippen LogP contribution in [0.15, 0.2) is 23.1 Å². The molecular weight excluding hydrogens is 278 g/mol. The molecule has 1 aromatic carbocycles. The Bertz CT molecular complexity index is 486. The van der Waals surface area contributed by atoms with Crippen LogP contribution in [-0.2, 0) is 9.84 Å². The minimum Gasteiger partial charge on any atom is -0.398 e. The van der Waals surface area contributed by atoms with Crippen LogP contribution in [0.25, 0.3) is 0 Å². The van der Waals surface area contributed by atoms with E-state index in [1.807, 2.05) is 6.07 Å². The zero-order valence-corrected chi connectivity index (χ0v) is 12.2. The van der Waals surface area contributed by atoms with Crippen LogP contribution < -0.4 is 5.73 Å². The molecule has 96 valence electrons. The summed E-state index contributed by atoms with van der Waals surface area (Å²) >= 11 is 7.34. The molecule has 0 unspecified atom stereocenters. The number of halogens is 1. The fraction of sp³-hybridized carbons (Fsp3) is 0.455. The number of rotatable bonds is 5. The SMILES string of the molecule is CC(C)S(=O)(=O)CCSc1ccc(N)c(Cl)c1. The smallest absolute Gasteiger partial charge is 0.153 e. The van der Waals surface area contributed by atoms with Gasteiger partial charge in [0, 0.05) is 10.6 Å². The van der Waals surface area contributed by atoms with Crippen molar-refractivity contribution < 1.29 is 8.42 Å². The number of sulfone groups is 1. The van der Waals surface area contributed by atoms with Gasteiger partial charge in [0.1, 0.15) is 0 Å². The molecule has 0 radical (unpaired) electrons. The molecule has 3 nitrogen and oxygen atoms in total. The summed E-state index contributed by atoms with van der Waals surface area (Å²) in [5.41, 5.74) is 6.12. The van der Waals surface area contributed by atoms with Crippen LogP contribution in [0.5, 0.6) is 0 Å². The summed E-state index contributed by atoms with van der Waals surface area (Å²) in [5, 5.41) is 0.180. The quantitative estimate of drug-likeness (QED) is 0.670. The Morgan fingerprint density at radius 2 is 2.06 bits per heavy atom. The van der Waals surface area contributed by atoms with Gasteiger partial charge in [0.05, 0.1) is 21.7 Å². The van der Waals surface area contributed by atoms with Crippen molar-refractivity contribution in [3.63, 3.8) is 0 Å². The standard InChI is InChI=1S/C11H16ClNO2S2/c1-8(2)17(14,15)6-5-16-9-3-4-11(13)10(12)7-9/h3-4,7-8H,5-6,13H2,1-2H3. The average molecular weight is 294 g/mol. The normalized spacial score (nSPS) is 12.0. The van der Waals surface area contributed by atoms with Gasteiger partial charge in [0.15, 0.2) is 9.84 Å². The number of nitrogens with two attached hydrogens (primary N) is 1. The van der Waals surface area contributed by atoms with Crippen LogP contribution >= 0.6 is 23.4 Å². The summed E-state index contributed by atoms with van der Waals surface area (Å²) in [7, 11) is -2.97. The monoisotopic (exact) mass is 293 g/mol. The molecule has 2 N–H and O–H groups in total. The number of hydrogen-bond donors (Lipinski definition) is 1. The molecule has 17 heavy (non-hydrogen) atoms. The highest BCUT2D eigenvalue weighted by molar-refractivity contribution is 8.00. The molecule has 0 atom stereocenters. The van der Waals surface area contributed by atoms with E-state index in [0.29, 0.717) is 16.5 Å². The molecule has 0 bridgehead atoms. The van der Waals surface area contributed by atoms with Gasteiger partial charge in [-0.2, -0.15) is 0 Å². The predicted octanol–water partition coefficient (Wildman–Crippen LogP) is 2.84. The summed E-state index contributed by atoms with van der Waals surface area (Å²) in [6, 6.07) is 5.32. The lowest BCUT2D eigenvalue weighted by molar-refractivity contribution is 0.589. The zero-order valence-electron chi connectivity index (χ0n) is 9.81. The molecule has 0 spiro atoms. The molecule has 0 aliphatic rings. The Kier molecular flexibility index (Phi) is 5.16. The van der Waals surface area contributed by atoms with Gasteiger partial charge < -0.3 is 5.73 Å². The van der Waals surface area contributed by atoms with Crippen LogP contribution in [0.3, 0.4) is 0 Å². The molecule has 0 heterocycles. The Hall–Kier alpha value is -0.390. The summed E-state index contributed by atoms with van der Waals surface area (Å²) in [6.07, 6.45) is 0. The maximum absolute atomic E-state index is 11.6. The molecule has 0 aliphatic heterocycles. The third-order valence-electron chi connectivity index (χ3n) is 2.33. The van der Waals surface area contributed by atoms with Gasteiger partial charge in [-0.25, -0.2) is 8.42 Å². The maximum Gasteiger partial charge on any atom is 0.153 e. The Morgan fingerprint density at radius 3 is 2.59 bits per heavy atom. The van der Waals surface area contributed by atoms with E-state index in [1.165, 1.54) is 11.8 Å². The van der Waals surface area contributed by atoms with Crippen LogP contribution in [0.1, 0.15) is 13.8 Å². The minimum absolute atomic E-state index is 0.178. The second-order valence-electron chi connectivity index (χ2n) is 3.95. The number of benzene rings is 1. The third kappa shape index (κ3) is 4.41. The zero-order chi connectivity index (χ0) is 13.1. The Labute approximate surface area is 112 Å². The number of anilines is 1. The third-order valence-corrected chi connectivity index (χ3v) is 6.12. The highest BCUT2D eigenvalue weighted by Crippen LogP contribution is 2.26. The Balaban J connectivity index is 2.55. The van der Waals surface area contributed by atoms with E-state index in [4.69, 9.17) is 17.3 Å². The van der Waals surface area contributed by atoms with E-state index in [-0.39, 0.29) is 11.0 Å².